The molecule has 0 unspecified atom stereocenters. The first kappa shape index (κ1) is 15.4. The molecule has 0 aliphatic heterocycles. The summed E-state index contributed by atoms with van der Waals surface area (Å²) < 4.78 is 0. The molecule has 6 heteroatoms. The number of benzene rings is 1. The van der Waals surface area contributed by atoms with Crippen LogP contribution in [-0.2, 0) is 0 Å². The summed E-state index contributed by atoms with van der Waals surface area (Å²) in [7, 11) is 0. The molecule has 0 aliphatic carbocycles. The van der Waals surface area contributed by atoms with E-state index in [9.17, 15) is 0 Å². The molecule has 118 valence electrons. The molecular formula is C18H16N6. The van der Waals surface area contributed by atoms with Crippen LogP contribution in [0.1, 0.15) is 11.1 Å². The molecular weight excluding hydrogens is 300 g/mol. The van der Waals surface area contributed by atoms with E-state index in [0.29, 0.717) is 11.6 Å². The van der Waals surface area contributed by atoms with Crippen LogP contribution in [0.2, 0.25) is 0 Å². The van der Waals surface area contributed by atoms with Gasteiger partial charge >= 0.3 is 0 Å². The molecule has 2 N–H and O–H groups in total. The molecule has 0 spiro atoms. The summed E-state index contributed by atoms with van der Waals surface area (Å²) in [5.41, 5.74) is 7.71. The van der Waals surface area contributed by atoms with Gasteiger partial charge in [-0.2, -0.15) is 10.2 Å². The van der Waals surface area contributed by atoms with Crippen molar-refractivity contribution >= 4 is 24.1 Å². The largest absolute Gasteiger partial charge is 0.261 e. The van der Waals surface area contributed by atoms with E-state index in [2.05, 4.69) is 31.0 Å². The Labute approximate surface area is 140 Å². The van der Waals surface area contributed by atoms with E-state index in [1.165, 1.54) is 0 Å². The number of nitrogens with zero attached hydrogens (tertiary/aromatic N) is 4. The molecule has 0 atom stereocenters. The van der Waals surface area contributed by atoms with Gasteiger partial charge in [0.2, 0.25) is 0 Å². The number of anilines is 2. The van der Waals surface area contributed by atoms with Crippen molar-refractivity contribution in [3.05, 3.63) is 84.2 Å². The Morgan fingerprint density at radius 3 is 1.46 bits per heavy atom. The minimum Gasteiger partial charge on any atom is -0.261 e. The van der Waals surface area contributed by atoms with E-state index in [0.717, 1.165) is 11.1 Å². The number of pyridine rings is 2. The second kappa shape index (κ2) is 8.19. The van der Waals surface area contributed by atoms with Crippen LogP contribution in [0.15, 0.2) is 83.3 Å². The van der Waals surface area contributed by atoms with E-state index in [4.69, 9.17) is 0 Å². The SMILES string of the molecule is C(=N\Nc1ccccn1)/c1ccc(/C=N/Nc2ccccn2)cc1. The molecule has 6 nitrogen and oxygen atoms in total. The number of hydrogen-bond donors (Lipinski definition) is 2. The van der Waals surface area contributed by atoms with Gasteiger partial charge in [0.15, 0.2) is 0 Å². The molecule has 3 rings (SSSR count). The van der Waals surface area contributed by atoms with E-state index < -0.39 is 0 Å². The van der Waals surface area contributed by atoms with Gasteiger partial charge in [-0.25, -0.2) is 9.97 Å². The number of hydrazone groups is 2. The highest BCUT2D eigenvalue weighted by atomic mass is 15.3. The van der Waals surface area contributed by atoms with Crippen molar-refractivity contribution in [3.63, 3.8) is 0 Å². The average Bonchev–Trinajstić information content (AvgIpc) is 2.65. The summed E-state index contributed by atoms with van der Waals surface area (Å²) in [6.45, 7) is 0. The van der Waals surface area contributed by atoms with Crippen LogP contribution in [0.4, 0.5) is 11.6 Å². The molecule has 2 heterocycles. The van der Waals surface area contributed by atoms with Crippen LogP contribution in [-0.4, -0.2) is 22.4 Å². The van der Waals surface area contributed by atoms with Gasteiger partial charge in [-0.15, -0.1) is 0 Å². The molecule has 0 bridgehead atoms. The third kappa shape index (κ3) is 4.74. The molecule has 2 aromatic heterocycles. The van der Waals surface area contributed by atoms with Crippen LogP contribution in [0.5, 0.6) is 0 Å². The Kier molecular flexibility index (Phi) is 5.24. The maximum absolute atomic E-state index is 4.15. The minimum absolute atomic E-state index is 0.707. The standard InChI is InChI=1S/C18H16N6/c1-3-11-19-17(5-1)23-21-13-15-7-9-16(10-8-15)14-22-24-18-6-2-4-12-20-18/h1-14H,(H,19,23)(H,20,24)/b21-13+,22-14+. The Balaban J connectivity index is 1.53. The maximum Gasteiger partial charge on any atom is 0.146 e. The van der Waals surface area contributed by atoms with Gasteiger partial charge in [0, 0.05) is 12.4 Å². The number of aromatic nitrogens is 2. The molecule has 0 aliphatic rings. The smallest absolute Gasteiger partial charge is 0.146 e. The van der Waals surface area contributed by atoms with Gasteiger partial charge in [0.05, 0.1) is 12.4 Å². The lowest BCUT2D eigenvalue weighted by Crippen LogP contribution is -1.94. The Bertz CT molecular complexity index is 727. The predicted molar refractivity (Wildman–Crippen MR) is 97.3 cm³/mol. The van der Waals surface area contributed by atoms with Crippen molar-refractivity contribution in [3.8, 4) is 0 Å². The molecule has 1 aromatic carbocycles. The van der Waals surface area contributed by atoms with E-state index >= 15 is 0 Å². The van der Waals surface area contributed by atoms with Crippen molar-refractivity contribution < 1.29 is 0 Å². The third-order valence-electron chi connectivity index (χ3n) is 3.05. The second-order valence-corrected chi connectivity index (χ2v) is 4.84. The van der Waals surface area contributed by atoms with Crippen LogP contribution in [0.3, 0.4) is 0 Å². The maximum atomic E-state index is 4.15. The van der Waals surface area contributed by atoms with Crippen molar-refractivity contribution in [2.75, 3.05) is 10.9 Å². The molecule has 0 fully saturated rings. The number of rotatable bonds is 6. The fourth-order valence-electron chi connectivity index (χ4n) is 1.87. The van der Waals surface area contributed by atoms with Crippen LogP contribution in [0.25, 0.3) is 0 Å². The molecule has 24 heavy (non-hydrogen) atoms. The van der Waals surface area contributed by atoms with Gasteiger partial charge in [0.25, 0.3) is 0 Å². The molecule has 0 saturated heterocycles. The van der Waals surface area contributed by atoms with Crippen molar-refractivity contribution in [1.29, 1.82) is 0 Å². The number of hydrogen-bond acceptors (Lipinski definition) is 6. The number of nitrogens with one attached hydrogen (secondary N) is 2. The highest BCUT2D eigenvalue weighted by Crippen LogP contribution is 2.03. The molecule has 0 saturated carbocycles. The van der Waals surface area contributed by atoms with Crippen LogP contribution >= 0.6 is 0 Å². The lowest BCUT2D eigenvalue weighted by atomic mass is 10.2. The van der Waals surface area contributed by atoms with Gasteiger partial charge < -0.3 is 0 Å². The van der Waals surface area contributed by atoms with Crippen LogP contribution < -0.4 is 10.9 Å². The average molecular weight is 316 g/mol. The quantitative estimate of drug-likeness (QED) is 0.540. The van der Waals surface area contributed by atoms with Crippen molar-refractivity contribution in [1.82, 2.24) is 9.97 Å². The topological polar surface area (TPSA) is 74.6 Å². The predicted octanol–water partition coefficient (Wildman–Crippen LogP) is 3.37. The van der Waals surface area contributed by atoms with E-state index in [1.54, 1.807) is 24.8 Å². The van der Waals surface area contributed by atoms with Crippen molar-refractivity contribution in [2.24, 2.45) is 10.2 Å². The normalized spacial score (nSPS) is 11.0. The monoisotopic (exact) mass is 316 g/mol. The summed E-state index contributed by atoms with van der Waals surface area (Å²) in [5, 5.41) is 8.30. The zero-order chi connectivity index (χ0) is 16.5. The summed E-state index contributed by atoms with van der Waals surface area (Å²) >= 11 is 0. The lowest BCUT2D eigenvalue weighted by Gasteiger charge is -1.99. The van der Waals surface area contributed by atoms with Crippen LogP contribution in [0, 0.1) is 0 Å². The van der Waals surface area contributed by atoms with E-state index in [-0.39, 0.29) is 0 Å². The molecule has 3 aromatic rings. The summed E-state index contributed by atoms with van der Waals surface area (Å²) in [5.74, 6) is 1.41. The van der Waals surface area contributed by atoms with Gasteiger partial charge in [0.1, 0.15) is 11.6 Å². The van der Waals surface area contributed by atoms with Gasteiger partial charge in [-0.05, 0) is 35.4 Å². The van der Waals surface area contributed by atoms with Crippen molar-refractivity contribution in [2.45, 2.75) is 0 Å². The Morgan fingerprint density at radius 2 is 1.08 bits per heavy atom. The fourth-order valence-corrected chi connectivity index (χ4v) is 1.87. The zero-order valence-electron chi connectivity index (χ0n) is 12.9. The highest BCUT2D eigenvalue weighted by molar-refractivity contribution is 5.84. The highest BCUT2D eigenvalue weighted by Gasteiger charge is 1.91. The lowest BCUT2D eigenvalue weighted by molar-refractivity contribution is 1.23. The third-order valence-corrected chi connectivity index (χ3v) is 3.05. The van der Waals surface area contributed by atoms with Gasteiger partial charge in [-0.3, -0.25) is 10.9 Å². The summed E-state index contributed by atoms with van der Waals surface area (Å²) in [6, 6.07) is 19.1. The second-order valence-electron chi connectivity index (χ2n) is 4.84. The summed E-state index contributed by atoms with van der Waals surface area (Å²) in [6.07, 6.45) is 6.90. The Morgan fingerprint density at radius 1 is 0.625 bits per heavy atom. The first-order valence-electron chi connectivity index (χ1n) is 7.40. The zero-order valence-corrected chi connectivity index (χ0v) is 12.9. The first-order chi connectivity index (χ1) is 11.9. The first-order valence-corrected chi connectivity index (χ1v) is 7.40. The minimum atomic E-state index is 0.707. The van der Waals surface area contributed by atoms with Gasteiger partial charge in [-0.1, -0.05) is 36.4 Å². The molecule has 0 radical (unpaired) electrons. The summed E-state index contributed by atoms with van der Waals surface area (Å²) in [4.78, 5) is 8.26. The molecule has 0 amide bonds. The Hall–Kier alpha value is -3.54. The fraction of sp³-hybridized carbons (Fsp3) is 0. The van der Waals surface area contributed by atoms with E-state index in [1.807, 2.05) is 60.7 Å².